The molecule has 3 nitrogen and oxygen atoms in total. The van der Waals surface area contributed by atoms with Crippen LogP contribution in [0.5, 0.6) is 0 Å². The van der Waals surface area contributed by atoms with E-state index in [0.29, 0.717) is 13.1 Å². The van der Waals surface area contributed by atoms with Crippen LogP contribution in [-0.4, -0.2) is 24.1 Å². The molecule has 1 saturated heterocycles. The maximum atomic E-state index is 12.9. The van der Waals surface area contributed by atoms with Gasteiger partial charge in [-0.3, -0.25) is 0 Å². The second kappa shape index (κ2) is 4.76. The van der Waals surface area contributed by atoms with Crippen LogP contribution in [0.3, 0.4) is 0 Å². The van der Waals surface area contributed by atoms with Crippen molar-refractivity contribution in [2.24, 2.45) is 11.7 Å². The molecule has 0 aliphatic carbocycles. The van der Waals surface area contributed by atoms with Gasteiger partial charge in [0.25, 0.3) is 0 Å². The zero-order chi connectivity index (χ0) is 13.3. The van der Waals surface area contributed by atoms with Gasteiger partial charge in [0, 0.05) is 25.3 Å². The van der Waals surface area contributed by atoms with Gasteiger partial charge in [-0.2, -0.15) is 13.2 Å². The maximum absolute atomic E-state index is 12.9. The van der Waals surface area contributed by atoms with Crippen LogP contribution in [0.25, 0.3) is 0 Å². The molecule has 2 rings (SSSR count). The first-order chi connectivity index (χ1) is 8.45. The van der Waals surface area contributed by atoms with Crippen LogP contribution < -0.4 is 10.6 Å². The number of halogens is 3. The number of nitrogens with two attached hydrogens (primary N) is 1. The third-order valence-corrected chi connectivity index (χ3v) is 3.49. The van der Waals surface area contributed by atoms with E-state index in [-0.39, 0.29) is 17.8 Å². The largest absolute Gasteiger partial charge is 0.419 e. The van der Waals surface area contributed by atoms with Gasteiger partial charge >= 0.3 is 6.18 Å². The molecule has 1 aromatic heterocycles. The number of rotatable bonds is 2. The summed E-state index contributed by atoms with van der Waals surface area (Å²) >= 11 is 0. The van der Waals surface area contributed by atoms with Crippen molar-refractivity contribution in [2.45, 2.75) is 25.6 Å². The van der Waals surface area contributed by atoms with Crippen molar-refractivity contribution >= 4 is 5.82 Å². The summed E-state index contributed by atoms with van der Waals surface area (Å²) < 4.78 is 38.8. The Morgan fingerprint density at radius 1 is 1.50 bits per heavy atom. The highest BCUT2D eigenvalue weighted by atomic mass is 19.4. The SMILES string of the molecule is CC1CCN(c2ncccc2C(F)(F)F)C1CN. The Kier molecular flexibility index (Phi) is 3.47. The van der Waals surface area contributed by atoms with Gasteiger partial charge in [-0.15, -0.1) is 0 Å². The average Bonchev–Trinajstić information content (AvgIpc) is 2.69. The molecular formula is C12H16F3N3. The molecule has 6 heteroatoms. The Balaban J connectivity index is 2.39. The molecule has 2 heterocycles. The van der Waals surface area contributed by atoms with Crippen molar-refractivity contribution in [3.05, 3.63) is 23.9 Å². The van der Waals surface area contributed by atoms with Crippen LogP contribution in [-0.2, 0) is 6.18 Å². The summed E-state index contributed by atoms with van der Waals surface area (Å²) in [6.45, 7) is 2.92. The van der Waals surface area contributed by atoms with Crippen molar-refractivity contribution in [3.63, 3.8) is 0 Å². The van der Waals surface area contributed by atoms with Crippen LogP contribution in [0.1, 0.15) is 18.9 Å². The lowest BCUT2D eigenvalue weighted by atomic mass is 10.0. The number of aromatic nitrogens is 1. The van der Waals surface area contributed by atoms with Crippen molar-refractivity contribution < 1.29 is 13.2 Å². The molecule has 1 aliphatic heterocycles. The number of anilines is 1. The van der Waals surface area contributed by atoms with Gasteiger partial charge in [0.1, 0.15) is 5.82 Å². The molecule has 0 saturated carbocycles. The van der Waals surface area contributed by atoms with E-state index < -0.39 is 11.7 Å². The Morgan fingerprint density at radius 2 is 2.22 bits per heavy atom. The highest BCUT2D eigenvalue weighted by molar-refractivity contribution is 5.50. The first-order valence-electron chi connectivity index (χ1n) is 5.94. The predicted octanol–water partition coefficient (Wildman–Crippen LogP) is 2.27. The van der Waals surface area contributed by atoms with Crippen LogP contribution >= 0.6 is 0 Å². The Hall–Kier alpha value is -1.30. The van der Waals surface area contributed by atoms with E-state index >= 15 is 0 Å². The van der Waals surface area contributed by atoms with E-state index in [2.05, 4.69) is 4.98 Å². The van der Waals surface area contributed by atoms with E-state index in [4.69, 9.17) is 5.73 Å². The Bertz CT molecular complexity index is 419. The van der Waals surface area contributed by atoms with E-state index in [9.17, 15) is 13.2 Å². The maximum Gasteiger partial charge on any atom is 0.419 e. The normalized spacial score (nSPS) is 24.6. The average molecular weight is 259 g/mol. The zero-order valence-corrected chi connectivity index (χ0v) is 10.1. The smallest absolute Gasteiger partial charge is 0.352 e. The molecule has 1 aromatic rings. The van der Waals surface area contributed by atoms with Gasteiger partial charge in [0.15, 0.2) is 0 Å². The molecule has 2 N–H and O–H groups in total. The molecule has 0 aromatic carbocycles. The van der Waals surface area contributed by atoms with E-state index in [1.54, 1.807) is 4.90 Å². The lowest BCUT2D eigenvalue weighted by molar-refractivity contribution is -0.137. The minimum Gasteiger partial charge on any atom is -0.352 e. The monoisotopic (exact) mass is 259 g/mol. The Morgan fingerprint density at radius 3 is 2.83 bits per heavy atom. The predicted molar refractivity (Wildman–Crippen MR) is 63.2 cm³/mol. The summed E-state index contributed by atoms with van der Waals surface area (Å²) in [5, 5.41) is 0. The van der Waals surface area contributed by atoms with E-state index in [1.165, 1.54) is 12.3 Å². The summed E-state index contributed by atoms with van der Waals surface area (Å²) in [6, 6.07) is 2.31. The molecule has 100 valence electrons. The van der Waals surface area contributed by atoms with Crippen molar-refractivity contribution in [1.29, 1.82) is 0 Å². The van der Waals surface area contributed by atoms with E-state index in [0.717, 1.165) is 12.5 Å². The van der Waals surface area contributed by atoms with Crippen LogP contribution in [0.2, 0.25) is 0 Å². The fraction of sp³-hybridized carbons (Fsp3) is 0.583. The quantitative estimate of drug-likeness (QED) is 0.886. The summed E-state index contributed by atoms with van der Waals surface area (Å²) in [6.07, 6.45) is -2.15. The van der Waals surface area contributed by atoms with Gasteiger partial charge in [-0.05, 0) is 24.5 Å². The van der Waals surface area contributed by atoms with Gasteiger partial charge in [0.2, 0.25) is 0 Å². The van der Waals surface area contributed by atoms with Gasteiger partial charge in [-0.1, -0.05) is 6.92 Å². The first-order valence-corrected chi connectivity index (χ1v) is 5.94. The standard InChI is InChI=1S/C12H16F3N3/c1-8-4-6-18(10(8)7-16)11-9(12(13,14)15)3-2-5-17-11/h2-3,5,8,10H,4,6-7,16H2,1H3. The van der Waals surface area contributed by atoms with Crippen LogP contribution in [0, 0.1) is 5.92 Å². The molecule has 1 aliphatic rings. The minimum absolute atomic E-state index is 0.00444. The molecule has 0 amide bonds. The fourth-order valence-electron chi connectivity index (χ4n) is 2.48. The van der Waals surface area contributed by atoms with Crippen molar-refractivity contribution in [3.8, 4) is 0 Å². The van der Waals surface area contributed by atoms with Gasteiger partial charge in [-0.25, -0.2) is 4.98 Å². The summed E-state index contributed by atoms with van der Waals surface area (Å²) in [5.41, 5.74) is 4.98. The molecule has 1 fully saturated rings. The zero-order valence-electron chi connectivity index (χ0n) is 10.1. The summed E-state index contributed by atoms with van der Waals surface area (Å²) in [7, 11) is 0. The van der Waals surface area contributed by atoms with Gasteiger partial charge < -0.3 is 10.6 Å². The van der Waals surface area contributed by atoms with Gasteiger partial charge in [0.05, 0.1) is 5.56 Å². The number of alkyl halides is 3. The summed E-state index contributed by atoms with van der Waals surface area (Å²) in [4.78, 5) is 5.60. The van der Waals surface area contributed by atoms with Crippen molar-refractivity contribution in [2.75, 3.05) is 18.0 Å². The summed E-state index contributed by atoms with van der Waals surface area (Å²) in [5.74, 6) is 0.294. The lowest BCUT2D eigenvalue weighted by Crippen LogP contribution is -2.39. The Labute approximate surface area is 104 Å². The number of nitrogens with zero attached hydrogens (tertiary/aromatic N) is 2. The molecule has 0 bridgehead atoms. The number of hydrogen-bond donors (Lipinski definition) is 1. The highest BCUT2D eigenvalue weighted by Gasteiger charge is 2.39. The third kappa shape index (κ3) is 2.29. The first kappa shape index (κ1) is 13.1. The van der Waals surface area contributed by atoms with Crippen molar-refractivity contribution in [1.82, 2.24) is 4.98 Å². The molecular weight excluding hydrogens is 243 g/mol. The molecule has 0 radical (unpaired) electrons. The second-order valence-electron chi connectivity index (χ2n) is 4.63. The lowest BCUT2D eigenvalue weighted by Gasteiger charge is -2.28. The van der Waals surface area contributed by atoms with Crippen LogP contribution in [0.15, 0.2) is 18.3 Å². The number of pyridine rings is 1. The molecule has 18 heavy (non-hydrogen) atoms. The third-order valence-electron chi connectivity index (χ3n) is 3.49. The fourth-order valence-corrected chi connectivity index (χ4v) is 2.48. The van der Waals surface area contributed by atoms with Crippen LogP contribution in [0.4, 0.5) is 19.0 Å². The molecule has 2 atom stereocenters. The number of hydrogen-bond acceptors (Lipinski definition) is 3. The van der Waals surface area contributed by atoms with E-state index in [1.807, 2.05) is 6.92 Å². The topological polar surface area (TPSA) is 42.2 Å². The molecule has 2 unspecified atom stereocenters. The molecule has 0 spiro atoms. The second-order valence-corrected chi connectivity index (χ2v) is 4.63. The highest BCUT2D eigenvalue weighted by Crippen LogP contribution is 2.38. The minimum atomic E-state index is -4.38.